The molecule has 3 nitrogen and oxygen atoms in total. The first-order valence-electron chi connectivity index (χ1n) is 6.39. The van der Waals surface area contributed by atoms with Gasteiger partial charge in [-0.15, -0.1) is 11.8 Å². The van der Waals surface area contributed by atoms with Crippen molar-refractivity contribution < 1.29 is 14.3 Å². The van der Waals surface area contributed by atoms with Crippen LogP contribution in [0.2, 0.25) is 0 Å². The van der Waals surface area contributed by atoms with Crippen LogP contribution in [-0.4, -0.2) is 24.4 Å². The summed E-state index contributed by atoms with van der Waals surface area (Å²) < 4.78 is 12.9. The summed E-state index contributed by atoms with van der Waals surface area (Å²) in [5.41, 5.74) is 1.87. The van der Waals surface area contributed by atoms with Gasteiger partial charge in [0.2, 0.25) is 0 Å². The number of carboxylic acid groups (broad SMARTS) is 1. The standard InChI is InChI=1S/C16H16FNO2S/c1-18(10-11-6-8-12(17)9-7-11)13-4-3-5-14(21-2)15(13)16(19)20/h3-9H,10H2,1-2H3,(H,19,20). The van der Waals surface area contributed by atoms with E-state index >= 15 is 0 Å². The minimum absolute atomic E-state index is 0.281. The van der Waals surface area contributed by atoms with Crippen LogP contribution in [0.4, 0.5) is 10.1 Å². The number of aromatic carboxylic acids is 1. The van der Waals surface area contributed by atoms with E-state index in [9.17, 15) is 14.3 Å². The van der Waals surface area contributed by atoms with Crippen molar-refractivity contribution in [3.63, 3.8) is 0 Å². The summed E-state index contributed by atoms with van der Waals surface area (Å²) in [6.07, 6.45) is 1.85. The Kier molecular flexibility index (Phi) is 4.85. The van der Waals surface area contributed by atoms with Crippen LogP contribution in [0.3, 0.4) is 0 Å². The summed E-state index contributed by atoms with van der Waals surface area (Å²) in [6, 6.07) is 11.6. The van der Waals surface area contributed by atoms with Crippen molar-refractivity contribution in [1.29, 1.82) is 0 Å². The van der Waals surface area contributed by atoms with Gasteiger partial charge < -0.3 is 10.0 Å². The summed E-state index contributed by atoms with van der Waals surface area (Å²) in [4.78, 5) is 14.1. The average Bonchev–Trinajstić information content (AvgIpc) is 2.48. The van der Waals surface area contributed by atoms with Crippen molar-refractivity contribution in [2.24, 2.45) is 0 Å². The first kappa shape index (κ1) is 15.4. The molecule has 0 aliphatic rings. The van der Waals surface area contributed by atoms with E-state index < -0.39 is 5.97 Å². The Hall–Kier alpha value is -2.01. The van der Waals surface area contributed by atoms with E-state index in [0.717, 1.165) is 10.5 Å². The van der Waals surface area contributed by atoms with Crippen LogP contribution in [0.1, 0.15) is 15.9 Å². The lowest BCUT2D eigenvalue weighted by Crippen LogP contribution is -2.19. The van der Waals surface area contributed by atoms with Crippen LogP contribution in [-0.2, 0) is 6.54 Å². The molecule has 0 saturated carbocycles. The second-order valence-electron chi connectivity index (χ2n) is 4.64. The van der Waals surface area contributed by atoms with E-state index in [0.29, 0.717) is 17.8 Å². The smallest absolute Gasteiger partial charge is 0.338 e. The monoisotopic (exact) mass is 305 g/mol. The summed E-state index contributed by atoms with van der Waals surface area (Å²) in [5.74, 6) is -1.22. The van der Waals surface area contributed by atoms with Gasteiger partial charge in [-0.2, -0.15) is 0 Å². The van der Waals surface area contributed by atoms with Crippen molar-refractivity contribution in [3.05, 3.63) is 59.4 Å². The third-order valence-electron chi connectivity index (χ3n) is 3.18. The molecule has 110 valence electrons. The molecule has 0 unspecified atom stereocenters. The summed E-state index contributed by atoms with van der Waals surface area (Å²) in [5, 5.41) is 9.44. The van der Waals surface area contributed by atoms with Crippen molar-refractivity contribution in [3.8, 4) is 0 Å². The average molecular weight is 305 g/mol. The fraction of sp³-hybridized carbons (Fsp3) is 0.188. The number of halogens is 1. The highest BCUT2D eigenvalue weighted by atomic mass is 32.2. The predicted octanol–water partition coefficient (Wildman–Crippen LogP) is 3.88. The van der Waals surface area contributed by atoms with Crippen LogP contribution in [0.5, 0.6) is 0 Å². The normalized spacial score (nSPS) is 10.4. The van der Waals surface area contributed by atoms with Gasteiger partial charge in [-0.05, 0) is 36.1 Å². The van der Waals surface area contributed by atoms with Gasteiger partial charge in [-0.3, -0.25) is 0 Å². The molecule has 2 aromatic carbocycles. The zero-order valence-corrected chi connectivity index (χ0v) is 12.7. The van der Waals surface area contributed by atoms with E-state index in [-0.39, 0.29) is 5.82 Å². The molecule has 0 fully saturated rings. The highest BCUT2D eigenvalue weighted by molar-refractivity contribution is 7.98. The van der Waals surface area contributed by atoms with Crippen molar-refractivity contribution >= 4 is 23.4 Å². The quantitative estimate of drug-likeness (QED) is 0.851. The second-order valence-corrected chi connectivity index (χ2v) is 5.49. The SMILES string of the molecule is CSc1cccc(N(C)Cc2ccc(F)cc2)c1C(=O)O. The van der Waals surface area contributed by atoms with Crippen LogP contribution >= 0.6 is 11.8 Å². The maximum atomic E-state index is 12.9. The Labute approximate surface area is 127 Å². The summed E-state index contributed by atoms with van der Waals surface area (Å²) in [6.45, 7) is 0.512. The molecular formula is C16H16FNO2S. The lowest BCUT2D eigenvalue weighted by atomic mass is 10.1. The fourth-order valence-corrected chi connectivity index (χ4v) is 2.78. The molecule has 0 aliphatic heterocycles. The van der Waals surface area contributed by atoms with E-state index in [4.69, 9.17) is 0 Å². The largest absolute Gasteiger partial charge is 0.478 e. The fourth-order valence-electron chi connectivity index (χ4n) is 2.17. The van der Waals surface area contributed by atoms with Crippen LogP contribution in [0, 0.1) is 5.82 Å². The third-order valence-corrected chi connectivity index (χ3v) is 3.96. The van der Waals surface area contributed by atoms with E-state index in [1.165, 1.54) is 23.9 Å². The van der Waals surface area contributed by atoms with Gasteiger partial charge in [0.15, 0.2) is 0 Å². The number of thioether (sulfide) groups is 1. The summed E-state index contributed by atoms with van der Waals surface area (Å²) in [7, 11) is 1.83. The zero-order chi connectivity index (χ0) is 15.4. The Balaban J connectivity index is 2.32. The van der Waals surface area contributed by atoms with Gasteiger partial charge in [0.25, 0.3) is 0 Å². The van der Waals surface area contributed by atoms with Crippen molar-refractivity contribution in [1.82, 2.24) is 0 Å². The van der Waals surface area contributed by atoms with Crippen molar-refractivity contribution in [2.75, 3.05) is 18.2 Å². The number of benzene rings is 2. The van der Waals surface area contributed by atoms with Gasteiger partial charge in [0.1, 0.15) is 5.82 Å². The molecular weight excluding hydrogens is 289 g/mol. The Bertz CT molecular complexity index is 643. The predicted molar refractivity (Wildman–Crippen MR) is 83.7 cm³/mol. The molecule has 0 amide bonds. The third kappa shape index (κ3) is 3.55. The Morgan fingerprint density at radius 3 is 2.48 bits per heavy atom. The van der Waals surface area contributed by atoms with Gasteiger partial charge in [0.05, 0.1) is 11.3 Å². The van der Waals surface area contributed by atoms with Gasteiger partial charge in [-0.1, -0.05) is 18.2 Å². The molecule has 0 bridgehead atoms. The van der Waals surface area contributed by atoms with Crippen LogP contribution < -0.4 is 4.90 Å². The highest BCUT2D eigenvalue weighted by Gasteiger charge is 2.17. The molecule has 2 aromatic rings. The maximum absolute atomic E-state index is 12.9. The maximum Gasteiger partial charge on any atom is 0.338 e. The van der Waals surface area contributed by atoms with E-state index in [1.54, 1.807) is 24.3 Å². The van der Waals surface area contributed by atoms with Crippen LogP contribution in [0.15, 0.2) is 47.4 Å². The Morgan fingerprint density at radius 1 is 1.24 bits per heavy atom. The lowest BCUT2D eigenvalue weighted by Gasteiger charge is -2.22. The zero-order valence-electron chi connectivity index (χ0n) is 11.8. The number of nitrogens with zero attached hydrogens (tertiary/aromatic N) is 1. The highest BCUT2D eigenvalue weighted by Crippen LogP contribution is 2.30. The number of hydrogen-bond donors (Lipinski definition) is 1. The number of rotatable bonds is 5. The molecule has 0 radical (unpaired) electrons. The molecule has 0 aromatic heterocycles. The van der Waals surface area contributed by atoms with Gasteiger partial charge in [0, 0.05) is 18.5 Å². The minimum Gasteiger partial charge on any atom is -0.478 e. The molecule has 1 N–H and O–H groups in total. The number of carbonyl (C=O) groups is 1. The van der Waals surface area contributed by atoms with E-state index in [1.807, 2.05) is 24.3 Å². The van der Waals surface area contributed by atoms with E-state index in [2.05, 4.69) is 0 Å². The summed E-state index contributed by atoms with van der Waals surface area (Å²) >= 11 is 1.41. The first-order valence-corrected chi connectivity index (χ1v) is 7.61. The molecule has 0 spiro atoms. The topological polar surface area (TPSA) is 40.5 Å². The molecule has 0 saturated heterocycles. The molecule has 0 atom stereocenters. The molecule has 5 heteroatoms. The second kappa shape index (κ2) is 6.63. The molecule has 21 heavy (non-hydrogen) atoms. The van der Waals surface area contributed by atoms with Gasteiger partial charge >= 0.3 is 5.97 Å². The number of carboxylic acids is 1. The van der Waals surface area contributed by atoms with Crippen LogP contribution in [0.25, 0.3) is 0 Å². The number of hydrogen-bond acceptors (Lipinski definition) is 3. The first-order chi connectivity index (χ1) is 10.0. The molecule has 0 aliphatic carbocycles. The molecule has 2 rings (SSSR count). The molecule has 0 heterocycles. The lowest BCUT2D eigenvalue weighted by molar-refractivity contribution is 0.0694. The van der Waals surface area contributed by atoms with Crippen molar-refractivity contribution in [2.45, 2.75) is 11.4 Å². The number of anilines is 1. The van der Waals surface area contributed by atoms with Gasteiger partial charge in [-0.25, -0.2) is 9.18 Å². The Morgan fingerprint density at radius 2 is 1.90 bits per heavy atom. The minimum atomic E-state index is -0.944.